The molecule has 3 aliphatic heterocycles. The van der Waals surface area contributed by atoms with Gasteiger partial charge in [0.1, 0.15) is 5.78 Å². The minimum absolute atomic E-state index is 0.0838. The standard InChI is InChI=1S/C35H42N4O3/c1-9-23-20(5)28-15-27-18(3)13-31(36-27)26(14-19(4)40)35-25(11-12-34(41)42-8)22(7)30(39-35)16-29-21(6)24(10-2)33(38-29)17-32(23)37-28/h13,15-16,26,36,38H,9-12,14,17H2,1-8H3/b28-15-,30-16?/t26-/m1/s1. The van der Waals surface area contributed by atoms with Crippen LogP contribution in [0.3, 0.4) is 0 Å². The number of aliphatic imine (C=N–C) groups is 2. The minimum atomic E-state index is -0.272. The Morgan fingerprint density at radius 2 is 1.64 bits per heavy atom. The molecule has 0 radical (unpaired) electrons. The zero-order valence-electron chi connectivity index (χ0n) is 26.2. The van der Waals surface area contributed by atoms with Gasteiger partial charge in [0.05, 0.1) is 29.9 Å². The predicted octanol–water partition coefficient (Wildman–Crippen LogP) is 7.43. The smallest absolute Gasteiger partial charge is 0.305 e. The number of aromatic nitrogens is 2. The van der Waals surface area contributed by atoms with E-state index in [1.165, 1.54) is 35.1 Å². The molecule has 5 rings (SSSR count). The molecular formula is C35H42N4O3. The molecule has 7 nitrogen and oxygen atoms in total. The average molecular weight is 567 g/mol. The van der Waals surface area contributed by atoms with E-state index in [4.69, 9.17) is 14.7 Å². The Balaban J connectivity index is 1.77. The summed E-state index contributed by atoms with van der Waals surface area (Å²) >= 11 is 0. The highest BCUT2D eigenvalue weighted by atomic mass is 16.5. The van der Waals surface area contributed by atoms with Crippen molar-refractivity contribution in [3.63, 3.8) is 0 Å². The molecule has 7 heteroatoms. The summed E-state index contributed by atoms with van der Waals surface area (Å²) in [4.78, 5) is 42.6. The molecule has 0 saturated carbocycles. The molecule has 3 aliphatic rings. The number of esters is 1. The van der Waals surface area contributed by atoms with Gasteiger partial charge in [0.25, 0.3) is 0 Å². The van der Waals surface area contributed by atoms with Gasteiger partial charge in [0.15, 0.2) is 0 Å². The Bertz CT molecular complexity index is 1660. The Morgan fingerprint density at radius 1 is 0.952 bits per heavy atom. The summed E-state index contributed by atoms with van der Waals surface area (Å²) in [5.41, 5.74) is 16.1. The second-order valence-corrected chi connectivity index (χ2v) is 11.7. The number of carbonyl (C=O) groups is 2. The van der Waals surface area contributed by atoms with Crippen LogP contribution in [0.4, 0.5) is 0 Å². The minimum Gasteiger partial charge on any atom is -0.469 e. The highest BCUT2D eigenvalue weighted by molar-refractivity contribution is 6.11. The number of methoxy groups -OCH3 is 1. The van der Waals surface area contributed by atoms with Crippen molar-refractivity contribution in [2.75, 3.05) is 7.11 Å². The van der Waals surface area contributed by atoms with Crippen molar-refractivity contribution >= 4 is 35.3 Å². The van der Waals surface area contributed by atoms with Crippen LogP contribution in [-0.4, -0.2) is 40.3 Å². The quantitative estimate of drug-likeness (QED) is 0.341. The van der Waals surface area contributed by atoms with E-state index < -0.39 is 0 Å². The molecule has 42 heavy (non-hydrogen) atoms. The molecule has 0 amide bonds. The van der Waals surface area contributed by atoms with Gasteiger partial charge in [-0.15, -0.1) is 0 Å². The Labute approximate surface area is 248 Å². The third-order valence-electron chi connectivity index (χ3n) is 9.03. The van der Waals surface area contributed by atoms with Crippen molar-refractivity contribution in [1.29, 1.82) is 0 Å². The second kappa shape index (κ2) is 11.7. The molecule has 2 aromatic rings. The molecule has 220 valence electrons. The second-order valence-electron chi connectivity index (χ2n) is 11.7. The first-order valence-electron chi connectivity index (χ1n) is 15.0. The number of fused-ring (bicyclic) bond motifs is 6. The zero-order chi connectivity index (χ0) is 30.3. The molecule has 0 unspecified atom stereocenters. The van der Waals surface area contributed by atoms with Gasteiger partial charge in [-0.3, -0.25) is 19.6 Å². The van der Waals surface area contributed by atoms with Crippen molar-refractivity contribution in [2.24, 2.45) is 9.98 Å². The van der Waals surface area contributed by atoms with Crippen LogP contribution in [0.15, 0.2) is 49.7 Å². The van der Waals surface area contributed by atoms with Crippen LogP contribution < -0.4 is 0 Å². The maximum absolute atomic E-state index is 12.6. The number of carbonyl (C=O) groups excluding carboxylic acids is 2. The number of Topliss-reactive ketones (excluding diaryl/α,β-unsaturated/α-hetero) is 1. The van der Waals surface area contributed by atoms with E-state index in [0.29, 0.717) is 12.8 Å². The summed E-state index contributed by atoms with van der Waals surface area (Å²) in [6, 6.07) is 2.13. The lowest BCUT2D eigenvalue weighted by molar-refractivity contribution is -0.140. The maximum Gasteiger partial charge on any atom is 0.305 e. The Kier molecular flexibility index (Phi) is 8.22. The number of aryl methyl sites for hydroxylation is 1. The number of nitrogens with one attached hydrogen (secondary N) is 2. The molecule has 0 fully saturated rings. The number of ketones is 1. The lowest BCUT2D eigenvalue weighted by Crippen LogP contribution is -2.18. The van der Waals surface area contributed by atoms with Gasteiger partial charge in [0, 0.05) is 48.0 Å². The number of nitrogens with zero attached hydrogens (tertiary/aromatic N) is 2. The van der Waals surface area contributed by atoms with Gasteiger partial charge in [-0.25, -0.2) is 0 Å². The van der Waals surface area contributed by atoms with Crippen LogP contribution in [0.25, 0.3) is 12.2 Å². The van der Waals surface area contributed by atoms with Crippen molar-refractivity contribution in [3.05, 3.63) is 79.2 Å². The number of hydrogen-bond donors (Lipinski definition) is 2. The van der Waals surface area contributed by atoms with E-state index in [9.17, 15) is 9.59 Å². The number of allylic oxidation sites excluding steroid dienone is 4. The summed E-state index contributed by atoms with van der Waals surface area (Å²) in [5.74, 6) is -0.450. The molecule has 8 bridgehead atoms. The van der Waals surface area contributed by atoms with Gasteiger partial charge in [0.2, 0.25) is 0 Å². The van der Waals surface area contributed by atoms with Crippen LogP contribution in [-0.2, 0) is 27.2 Å². The van der Waals surface area contributed by atoms with Crippen molar-refractivity contribution in [2.45, 2.75) is 92.9 Å². The summed E-state index contributed by atoms with van der Waals surface area (Å²) in [5, 5.41) is 0. The molecule has 0 saturated heterocycles. The lowest BCUT2D eigenvalue weighted by Gasteiger charge is -2.18. The number of rotatable bonds is 7. The van der Waals surface area contributed by atoms with Gasteiger partial charge < -0.3 is 14.7 Å². The number of ether oxygens (including phenoxy) is 1. The molecule has 0 spiro atoms. The van der Waals surface area contributed by atoms with Crippen LogP contribution in [0.2, 0.25) is 0 Å². The third kappa shape index (κ3) is 5.33. The van der Waals surface area contributed by atoms with Crippen LogP contribution in [0.5, 0.6) is 0 Å². The lowest BCUT2D eigenvalue weighted by atomic mass is 9.86. The predicted molar refractivity (Wildman–Crippen MR) is 170 cm³/mol. The van der Waals surface area contributed by atoms with E-state index in [0.717, 1.165) is 75.9 Å². The fourth-order valence-electron chi connectivity index (χ4n) is 6.64. The van der Waals surface area contributed by atoms with Crippen molar-refractivity contribution in [3.8, 4) is 0 Å². The fraction of sp³-hybridized carbons (Fsp3) is 0.429. The van der Waals surface area contributed by atoms with E-state index in [-0.39, 0.29) is 24.1 Å². The molecule has 2 aromatic heterocycles. The van der Waals surface area contributed by atoms with Crippen LogP contribution in [0, 0.1) is 13.8 Å². The summed E-state index contributed by atoms with van der Waals surface area (Å²) in [7, 11) is 1.41. The molecule has 2 N–H and O–H groups in total. The summed E-state index contributed by atoms with van der Waals surface area (Å²) in [6.07, 6.45) is 7.91. The maximum atomic E-state index is 12.6. The monoisotopic (exact) mass is 566 g/mol. The largest absolute Gasteiger partial charge is 0.469 e. The van der Waals surface area contributed by atoms with Gasteiger partial charge >= 0.3 is 5.97 Å². The topological polar surface area (TPSA) is 99.7 Å². The van der Waals surface area contributed by atoms with Crippen LogP contribution >= 0.6 is 0 Å². The fourth-order valence-corrected chi connectivity index (χ4v) is 6.64. The van der Waals surface area contributed by atoms with Crippen molar-refractivity contribution < 1.29 is 14.3 Å². The highest BCUT2D eigenvalue weighted by Gasteiger charge is 2.32. The third-order valence-corrected chi connectivity index (χ3v) is 9.03. The number of aromatic amines is 2. The van der Waals surface area contributed by atoms with E-state index in [1.807, 2.05) is 0 Å². The normalized spacial score (nSPS) is 19.5. The first kappa shape index (κ1) is 29.5. The molecule has 0 aliphatic carbocycles. The van der Waals surface area contributed by atoms with E-state index in [1.54, 1.807) is 6.92 Å². The van der Waals surface area contributed by atoms with E-state index in [2.05, 4.69) is 69.7 Å². The van der Waals surface area contributed by atoms with Crippen LogP contribution in [0.1, 0.15) is 106 Å². The molecular weight excluding hydrogens is 524 g/mol. The summed E-state index contributed by atoms with van der Waals surface area (Å²) in [6.45, 7) is 14.5. The SMILES string of the molecule is CCC1=C(C)/C2=C/c3[nH]c(cc3C)[C@@H](CC(C)=O)C3=NC(=Cc4[nH]c(c(CC)c4C)CC1=N2)C(C)=C3CCC(=O)OC. The first-order chi connectivity index (χ1) is 20.1. The van der Waals surface area contributed by atoms with E-state index >= 15 is 0 Å². The first-order valence-corrected chi connectivity index (χ1v) is 15.0. The molecule has 5 heterocycles. The molecule has 0 aromatic carbocycles. The average Bonchev–Trinajstić information content (AvgIpc) is 3.65. The van der Waals surface area contributed by atoms with Gasteiger partial charge in [-0.05, 0) is 111 Å². The number of hydrogen-bond acceptors (Lipinski definition) is 5. The Hall–Kier alpha value is -4.00. The Morgan fingerprint density at radius 3 is 2.31 bits per heavy atom. The van der Waals surface area contributed by atoms with Gasteiger partial charge in [-0.1, -0.05) is 13.8 Å². The summed E-state index contributed by atoms with van der Waals surface area (Å²) < 4.78 is 4.97. The zero-order valence-corrected chi connectivity index (χ0v) is 26.2. The number of H-pyrrole nitrogens is 2. The van der Waals surface area contributed by atoms with Crippen molar-refractivity contribution in [1.82, 2.24) is 9.97 Å². The van der Waals surface area contributed by atoms with Gasteiger partial charge in [-0.2, -0.15) is 0 Å². The highest BCUT2D eigenvalue weighted by Crippen LogP contribution is 2.39. The molecule has 1 atom stereocenters.